The van der Waals surface area contributed by atoms with E-state index in [4.69, 9.17) is 4.52 Å². The molecule has 0 aliphatic rings. The molecule has 0 aliphatic carbocycles. The SMILES string of the molecule is Cn1ncc2cc(Cc3noc4cc(Nc5n[nH]c6cccnc56)ccc34)ccc21. The molecule has 0 bridgehead atoms. The average molecular weight is 395 g/mol. The van der Waals surface area contributed by atoms with Crippen molar-refractivity contribution < 1.29 is 4.52 Å². The number of aromatic amines is 1. The first-order valence-corrected chi connectivity index (χ1v) is 9.60. The van der Waals surface area contributed by atoms with Gasteiger partial charge in [-0.25, -0.2) is 0 Å². The molecule has 0 spiro atoms. The second kappa shape index (κ2) is 6.41. The molecule has 2 aromatic carbocycles. The summed E-state index contributed by atoms with van der Waals surface area (Å²) in [5, 5.41) is 21.3. The van der Waals surface area contributed by atoms with Crippen LogP contribution in [-0.4, -0.2) is 30.1 Å². The van der Waals surface area contributed by atoms with Gasteiger partial charge in [0, 0.05) is 42.2 Å². The lowest BCUT2D eigenvalue weighted by atomic mass is 10.1. The van der Waals surface area contributed by atoms with Crippen LogP contribution in [-0.2, 0) is 13.5 Å². The van der Waals surface area contributed by atoms with Crippen LogP contribution in [0.5, 0.6) is 0 Å². The molecular weight excluding hydrogens is 378 g/mol. The van der Waals surface area contributed by atoms with Crippen LogP contribution in [0.1, 0.15) is 11.3 Å². The smallest absolute Gasteiger partial charge is 0.178 e. The zero-order chi connectivity index (χ0) is 20.1. The molecular formula is C22H17N7O. The molecule has 4 aromatic heterocycles. The summed E-state index contributed by atoms with van der Waals surface area (Å²) in [6.45, 7) is 0. The fourth-order valence-corrected chi connectivity index (χ4v) is 3.79. The molecule has 6 aromatic rings. The Morgan fingerprint density at radius 3 is 3.07 bits per heavy atom. The van der Waals surface area contributed by atoms with Crippen LogP contribution in [0.25, 0.3) is 32.9 Å². The molecule has 8 heteroatoms. The normalized spacial score (nSPS) is 11.6. The van der Waals surface area contributed by atoms with E-state index < -0.39 is 0 Å². The zero-order valence-corrected chi connectivity index (χ0v) is 16.1. The summed E-state index contributed by atoms with van der Waals surface area (Å²) in [7, 11) is 1.95. The number of hydrogen-bond donors (Lipinski definition) is 2. The predicted molar refractivity (Wildman–Crippen MR) is 115 cm³/mol. The Hall–Kier alpha value is -4.20. The number of benzene rings is 2. The van der Waals surface area contributed by atoms with Crippen molar-refractivity contribution in [3.05, 3.63) is 72.2 Å². The maximum atomic E-state index is 5.61. The quantitative estimate of drug-likeness (QED) is 0.461. The second-order valence-electron chi connectivity index (χ2n) is 7.28. The minimum Gasteiger partial charge on any atom is -0.356 e. The lowest BCUT2D eigenvalue weighted by Gasteiger charge is -2.03. The number of nitrogens with one attached hydrogen (secondary N) is 2. The number of pyridine rings is 1. The van der Waals surface area contributed by atoms with Gasteiger partial charge in [-0.05, 0) is 42.0 Å². The second-order valence-corrected chi connectivity index (χ2v) is 7.28. The van der Waals surface area contributed by atoms with Gasteiger partial charge in [-0.15, -0.1) is 0 Å². The van der Waals surface area contributed by atoms with Crippen LogP contribution < -0.4 is 5.32 Å². The van der Waals surface area contributed by atoms with E-state index in [1.807, 2.05) is 48.3 Å². The van der Waals surface area contributed by atoms with E-state index >= 15 is 0 Å². The van der Waals surface area contributed by atoms with Crippen molar-refractivity contribution in [3.63, 3.8) is 0 Å². The van der Waals surface area contributed by atoms with Gasteiger partial charge in [-0.2, -0.15) is 10.2 Å². The number of nitrogens with zero attached hydrogens (tertiary/aromatic N) is 5. The minimum absolute atomic E-state index is 0.675. The molecule has 30 heavy (non-hydrogen) atoms. The minimum atomic E-state index is 0.675. The highest BCUT2D eigenvalue weighted by molar-refractivity contribution is 5.89. The summed E-state index contributed by atoms with van der Waals surface area (Å²) in [5.41, 5.74) is 6.45. The lowest BCUT2D eigenvalue weighted by molar-refractivity contribution is 0.448. The summed E-state index contributed by atoms with van der Waals surface area (Å²) in [6, 6.07) is 16.1. The fourth-order valence-electron chi connectivity index (χ4n) is 3.79. The van der Waals surface area contributed by atoms with Gasteiger partial charge in [-0.3, -0.25) is 14.8 Å². The van der Waals surface area contributed by atoms with Gasteiger partial charge in [0.15, 0.2) is 11.4 Å². The van der Waals surface area contributed by atoms with Crippen molar-refractivity contribution in [1.82, 2.24) is 30.1 Å². The number of hydrogen-bond acceptors (Lipinski definition) is 6. The van der Waals surface area contributed by atoms with Crippen molar-refractivity contribution in [2.24, 2.45) is 7.05 Å². The van der Waals surface area contributed by atoms with Crippen molar-refractivity contribution in [3.8, 4) is 0 Å². The highest BCUT2D eigenvalue weighted by Crippen LogP contribution is 2.28. The first-order chi connectivity index (χ1) is 14.7. The van der Waals surface area contributed by atoms with E-state index in [0.29, 0.717) is 12.2 Å². The number of aryl methyl sites for hydroxylation is 1. The summed E-state index contributed by atoms with van der Waals surface area (Å²) >= 11 is 0. The predicted octanol–water partition coefficient (Wildman–Crippen LogP) is 4.32. The maximum Gasteiger partial charge on any atom is 0.178 e. The number of rotatable bonds is 4. The molecule has 0 saturated carbocycles. The first-order valence-electron chi connectivity index (χ1n) is 9.60. The molecule has 0 amide bonds. The van der Waals surface area contributed by atoms with Gasteiger partial charge in [0.05, 0.1) is 22.9 Å². The van der Waals surface area contributed by atoms with E-state index in [1.54, 1.807) is 6.20 Å². The molecule has 2 N–H and O–H groups in total. The highest BCUT2D eigenvalue weighted by atomic mass is 16.5. The van der Waals surface area contributed by atoms with E-state index in [1.165, 1.54) is 5.56 Å². The summed E-state index contributed by atoms with van der Waals surface area (Å²) in [4.78, 5) is 4.38. The topological polar surface area (TPSA) is 97.5 Å². The molecule has 0 radical (unpaired) electrons. The van der Waals surface area contributed by atoms with Gasteiger partial charge in [0.2, 0.25) is 0 Å². The van der Waals surface area contributed by atoms with E-state index in [0.717, 1.165) is 44.3 Å². The van der Waals surface area contributed by atoms with Crippen LogP contribution in [0.15, 0.2) is 65.4 Å². The van der Waals surface area contributed by atoms with E-state index in [9.17, 15) is 0 Å². The van der Waals surface area contributed by atoms with Gasteiger partial charge in [-0.1, -0.05) is 11.2 Å². The summed E-state index contributed by atoms with van der Waals surface area (Å²) in [6.07, 6.45) is 4.32. The molecule has 146 valence electrons. The zero-order valence-electron chi connectivity index (χ0n) is 16.1. The fraction of sp³-hybridized carbons (Fsp3) is 0.0909. The van der Waals surface area contributed by atoms with E-state index in [-0.39, 0.29) is 0 Å². The molecule has 4 heterocycles. The Labute approximate surface area is 170 Å². The standard InChI is InChI=1S/C22H17N7O/c1-29-19-7-4-13(9-14(19)12-24-29)10-18-16-6-5-15(11-20(16)30-28-18)25-22-21-17(26-27-22)3-2-8-23-21/h2-9,11-12H,10H2,1H3,(H2,25,26,27). The number of anilines is 2. The summed E-state index contributed by atoms with van der Waals surface area (Å²) < 4.78 is 7.48. The van der Waals surface area contributed by atoms with Crippen LogP contribution in [0.3, 0.4) is 0 Å². The molecule has 0 aliphatic heterocycles. The Morgan fingerprint density at radius 2 is 2.10 bits per heavy atom. The highest BCUT2D eigenvalue weighted by Gasteiger charge is 2.12. The lowest BCUT2D eigenvalue weighted by Crippen LogP contribution is -1.92. The van der Waals surface area contributed by atoms with Crippen molar-refractivity contribution >= 4 is 44.4 Å². The largest absolute Gasteiger partial charge is 0.356 e. The Balaban J connectivity index is 1.30. The molecule has 8 nitrogen and oxygen atoms in total. The third kappa shape index (κ3) is 2.69. The third-order valence-corrected chi connectivity index (χ3v) is 5.31. The first kappa shape index (κ1) is 16.7. The molecule has 0 fully saturated rings. The van der Waals surface area contributed by atoms with Crippen LogP contribution in [0.2, 0.25) is 0 Å². The number of H-pyrrole nitrogens is 1. The molecule has 0 unspecified atom stereocenters. The Bertz CT molecular complexity index is 1520. The maximum absolute atomic E-state index is 5.61. The van der Waals surface area contributed by atoms with Crippen LogP contribution >= 0.6 is 0 Å². The Kier molecular flexibility index (Phi) is 3.58. The monoisotopic (exact) mass is 395 g/mol. The third-order valence-electron chi connectivity index (χ3n) is 5.31. The van der Waals surface area contributed by atoms with Crippen LogP contribution in [0.4, 0.5) is 11.5 Å². The van der Waals surface area contributed by atoms with E-state index in [2.05, 4.69) is 49.0 Å². The van der Waals surface area contributed by atoms with Gasteiger partial charge in [0.25, 0.3) is 0 Å². The van der Waals surface area contributed by atoms with Gasteiger partial charge >= 0.3 is 0 Å². The summed E-state index contributed by atoms with van der Waals surface area (Å²) in [5.74, 6) is 0.675. The number of fused-ring (bicyclic) bond motifs is 3. The Morgan fingerprint density at radius 1 is 1.13 bits per heavy atom. The van der Waals surface area contributed by atoms with Crippen molar-refractivity contribution in [2.45, 2.75) is 6.42 Å². The van der Waals surface area contributed by atoms with Gasteiger partial charge in [0.1, 0.15) is 5.52 Å². The molecule has 0 atom stereocenters. The van der Waals surface area contributed by atoms with Crippen LogP contribution in [0, 0.1) is 0 Å². The number of aromatic nitrogens is 6. The average Bonchev–Trinajstić information content (AvgIpc) is 3.46. The van der Waals surface area contributed by atoms with Crippen molar-refractivity contribution in [1.29, 1.82) is 0 Å². The molecule has 0 saturated heterocycles. The molecule has 6 rings (SSSR count). The van der Waals surface area contributed by atoms with Crippen molar-refractivity contribution in [2.75, 3.05) is 5.32 Å². The van der Waals surface area contributed by atoms with Gasteiger partial charge < -0.3 is 9.84 Å².